The molecule has 0 radical (unpaired) electrons. The van der Waals surface area contributed by atoms with Gasteiger partial charge in [-0.25, -0.2) is 4.79 Å². The van der Waals surface area contributed by atoms with E-state index in [1.165, 1.54) is 6.92 Å². The van der Waals surface area contributed by atoms with Crippen LogP contribution in [0.4, 0.5) is 0 Å². The lowest BCUT2D eigenvalue weighted by atomic mass is 9.96. The average Bonchev–Trinajstić information content (AvgIpc) is 2.62. The van der Waals surface area contributed by atoms with E-state index in [-0.39, 0.29) is 6.42 Å². The van der Waals surface area contributed by atoms with Crippen LogP contribution in [0.25, 0.3) is 0 Å². The van der Waals surface area contributed by atoms with E-state index >= 15 is 0 Å². The highest BCUT2D eigenvalue weighted by Crippen LogP contribution is 2.30. The van der Waals surface area contributed by atoms with Gasteiger partial charge in [0.2, 0.25) is 5.60 Å². The second-order valence-corrected chi connectivity index (χ2v) is 5.26. The van der Waals surface area contributed by atoms with Gasteiger partial charge in [-0.05, 0) is 19.1 Å². The molecule has 1 heterocycles. The SMILES string of the molecule is CC1(C(=O)O)CC(c2ccc(Cl)cc2Br)=NO1. The van der Waals surface area contributed by atoms with Gasteiger partial charge < -0.3 is 9.94 Å². The summed E-state index contributed by atoms with van der Waals surface area (Å²) in [5, 5.41) is 13.5. The van der Waals surface area contributed by atoms with Crippen molar-refractivity contribution in [3.05, 3.63) is 33.3 Å². The smallest absolute Gasteiger partial charge is 0.351 e. The summed E-state index contributed by atoms with van der Waals surface area (Å²) in [5.41, 5.74) is 0.104. The van der Waals surface area contributed by atoms with Crippen molar-refractivity contribution in [2.24, 2.45) is 5.16 Å². The molecule has 0 bridgehead atoms. The third-order valence-electron chi connectivity index (χ3n) is 2.56. The summed E-state index contributed by atoms with van der Waals surface area (Å²) in [4.78, 5) is 16.0. The predicted molar refractivity (Wildman–Crippen MR) is 67.4 cm³/mol. The molecule has 1 aliphatic heterocycles. The third-order valence-corrected chi connectivity index (χ3v) is 3.45. The van der Waals surface area contributed by atoms with Crippen LogP contribution >= 0.6 is 27.5 Å². The minimum atomic E-state index is -1.28. The summed E-state index contributed by atoms with van der Waals surface area (Å²) in [6.45, 7) is 1.50. The number of carboxylic acid groups (broad SMARTS) is 1. The Morgan fingerprint density at radius 1 is 1.65 bits per heavy atom. The lowest BCUT2D eigenvalue weighted by Crippen LogP contribution is -2.35. The molecule has 1 unspecified atom stereocenters. The number of hydrogen-bond acceptors (Lipinski definition) is 3. The molecule has 0 fully saturated rings. The molecule has 1 N–H and O–H groups in total. The lowest BCUT2D eigenvalue weighted by Gasteiger charge is -2.14. The molecule has 1 aromatic carbocycles. The van der Waals surface area contributed by atoms with E-state index < -0.39 is 11.6 Å². The molecule has 0 amide bonds. The number of benzene rings is 1. The van der Waals surface area contributed by atoms with Crippen molar-refractivity contribution in [2.75, 3.05) is 0 Å². The van der Waals surface area contributed by atoms with Gasteiger partial charge in [-0.2, -0.15) is 0 Å². The van der Waals surface area contributed by atoms with Gasteiger partial charge in [0.1, 0.15) is 0 Å². The van der Waals surface area contributed by atoms with Crippen molar-refractivity contribution in [3.63, 3.8) is 0 Å². The van der Waals surface area contributed by atoms with Crippen LogP contribution in [0.2, 0.25) is 5.02 Å². The van der Waals surface area contributed by atoms with Gasteiger partial charge in [0.25, 0.3) is 0 Å². The monoisotopic (exact) mass is 317 g/mol. The predicted octanol–water partition coefficient (Wildman–Crippen LogP) is 3.07. The van der Waals surface area contributed by atoms with E-state index in [9.17, 15) is 4.79 Å². The van der Waals surface area contributed by atoms with Crippen LogP contribution in [-0.4, -0.2) is 22.4 Å². The minimum absolute atomic E-state index is 0.225. The fourth-order valence-corrected chi connectivity index (χ4v) is 2.43. The van der Waals surface area contributed by atoms with Gasteiger partial charge in [0, 0.05) is 21.5 Å². The first-order valence-corrected chi connectivity index (χ1v) is 6.03. The summed E-state index contributed by atoms with van der Waals surface area (Å²) in [5.74, 6) is -1.03. The zero-order valence-electron chi connectivity index (χ0n) is 8.91. The maximum absolute atomic E-state index is 11.0. The summed E-state index contributed by atoms with van der Waals surface area (Å²) in [6.07, 6.45) is 0.225. The molecule has 1 aromatic rings. The highest BCUT2D eigenvalue weighted by molar-refractivity contribution is 9.10. The normalized spacial score (nSPS) is 23.1. The van der Waals surface area contributed by atoms with Crippen molar-refractivity contribution < 1.29 is 14.7 Å². The number of rotatable bonds is 2. The average molecular weight is 319 g/mol. The zero-order chi connectivity index (χ0) is 12.6. The first kappa shape index (κ1) is 12.4. The molecule has 90 valence electrons. The minimum Gasteiger partial charge on any atom is -0.478 e. The van der Waals surface area contributed by atoms with Gasteiger partial charge in [-0.15, -0.1) is 0 Å². The fourth-order valence-electron chi connectivity index (χ4n) is 1.52. The number of nitrogens with zero attached hydrogens (tertiary/aromatic N) is 1. The number of carboxylic acids is 1. The fraction of sp³-hybridized carbons (Fsp3) is 0.273. The molecule has 0 aliphatic carbocycles. The maximum atomic E-state index is 11.0. The zero-order valence-corrected chi connectivity index (χ0v) is 11.2. The van der Waals surface area contributed by atoms with Crippen molar-refractivity contribution in [3.8, 4) is 0 Å². The van der Waals surface area contributed by atoms with Crippen LogP contribution in [0.1, 0.15) is 18.9 Å². The van der Waals surface area contributed by atoms with Crippen LogP contribution in [0.5, 0.6) is 0 Å². The molecule has 0 spiro atoms. The Bertz CT molecular complexity index is 517. The van der Waals surface area contributed by atoms with E-state index in [2.05, 4.69) is 21.1 Å². The maximum Gasteiger partial charge on any atom is 0.351 e. The molecule has 17 heavy (non-hydrogen) atoms. The molecule has 0 saturated heterocycles. The van der Waals surface area contributed by atoms with Crippen LogP contribution in [0, 0.1) is 0 Å². The van der Waals surface area contributed by atoms with Crippen molar-refractivity contribution >= 4 is 39.2 Å². The number of oxime groups is 1. The highest BCUT2D eigenvalue weighted by atomic mass is 79.9. The Balaban J connectivity index is 2.29. The molecule has 2 rings (SSSR count). The largest absolute Gasteiger partial charge is 0.478 e. The number of halogens is 2. The Hall–Kier alpha value is -1.07. The molecule has 1 aliphatic rings. The van der Waals surface area contributed by atoms with Crippen LogP contribution in [-0.2, 0) is 9.63 Å². The highest BCUT2D eigenvalue weighted by Gasteiger charge is 2.42. The van der Waals surface area contributed by atoms with E-state index in [0.717, 1.165) is 10.0 Å². The molecular formula is C11H9BrClNO3. The molecule has 6 heteroatoms. The quantitative estimate of drug-likeness (QED) is 0.911. The summed E-state index contributed by atoms with van der Waals surface area (Å²) in [7, 11) is 0. The Kier molecular flexibility index (Phi) is 3.14. The van der Waals surface area contributed by atoms with Gasteiger partial charge in [0.15, 0.2) is 0 Å². The second kappa shape index (κ2) is 4.31. The van der Waals surface area contributed by atoms with Crippen molar-refractivity contribution in [1.82, 2.24) is 0 Å². The molecule has 0 aromatic heterocycles. The topological polar surface area (TPSA) is 58.9 Å². The molecular weight excluding hydrogens is 309 g/mol. The first-order valence-electron chi connectivity index (χ1n) is 4.86. The number of aliphatic carboxylic acids is 1. The standard InChI is InChI=1S/C11H9BrClNO3/c1-11(10(15)16)5-9(14-17-11)7-3-2-6(13)4-8(7)12/h2-4H,5H2,1H3,(H,15,16). The number of carbonyl (C=O) groups is 1. The van der Waals surface area contributed by atoms with Crippen molar-refractivity contribution in [2.45, 2.75) is 18.9 Å². The summed E-state index contributed by atoms with van der Waals surface area (Å²) < 4.78 is 0.766. The van der Waals surface area contributed by atoms with Gasteiger partial charge >= 0.3 is 5.97 Å². The summed E-state index contributed by atoms with van der Waals surface area (Å²) >= 11 is 9.20. The lowest BCUT2D eigenvalue weighted by molar-refractivity contribution is -0.160. The second-order valence-electron chi connectivity index (χ2n) is 3.97. The van der Waals surface area contributed by atoms with Gasteiger partial charge in [0.05, 0.1) is 5.71 Å². The summed E-state index contributed by atoms with van der Waals surface area (Å²) in [6, 6.07) is 5.23. The number of hydrogen-bond donors (Lipinski definition) is 1. The van der Waals surface area contributed by atoms with Crippen LogP contribution in [0.3, 0.4) is 0 Å². The van der Waals surface area contributed by atoms with E-state index in [1.807, 2.05) is 0 Å². The van der Waals surface area contributed by atoms with Gasteiger partial charge in [-0.3, -0.25) is 0 Å². The van der Waals surface area contributed by atoms with E-state index in [4.69, 9.17) is 21.5 Å². The van der Waals surface area contributed by atoms with Crippen LogP contribution in [0.15, 0.2) is 27.8 Å². The Labute approximate surface area is 111 Å². The Morgan fingerprint density at radius 3 is 2.88 bits per heavy atom. The van der Waals surface area contributed by atoms with Gasteiger partial charge in [-0.1, -0.05) is 38.8 Å². The third kappa shape index (κ3) is 2.30. The van der Waals surface area contributed by atoms with Crippen LogP contribution < -0.4 is 0 Å². The molecule has 1 atom stereocenters. The molecule has 0 saturated carbocycles. The van der Waals surface area contributed by atoms with Crippen molar-refractivity contribution in [1.29, 1.82) is 0 Å². The van der Waals surface area contributed by atoms with E-state index in [1.54, 1.807) is 18.2 Å². The first-order chi connectivity index (χ1) is 7.92. The van der Waals surface area contributed by atoms with E-state index in [0.29, 0.717) is 10.7 Å². The molecule has 4 nitrogen and oxygen atoms in total. The Morgan fingerprint density at radius 2 is 2.35 bits per heavy atom.